The van der Waals surface area contributed by atoms with Crippen molar-refractivity contribution in [1.29, 1.82) is 0 Å². The predicted molar refractivity (Wildman–Crippen MR) is 68.4 cm³/mol. The Morgan fingerprint density at radius 3 is 2.94 bits per heavy atom. The molecular weight excluding hydrogens is 210 g/mol. The molecule has 0 atom stereocenters. The summed E-state index contributed by atoms with van der Waals surface area (Å²) in [6.45, 7) is 4.74. The molecule has 0 spiro atoms. The van der Waals surface area contributed by atoms with Gasteiger partial charge in [-0.05, 0) is 19.4 Å². The van der Waals surface area contributed by atoms with Crippen LogP contribution in [0.5, 0.6) is 5.75 Å². The number of hydrogen-bond donors (Lipinski definition) is 0. The second-order valence-corrected chi connectivity index (χ2v) is 4.36. The number of hydrogen-bond acceptors (Lipinski definition) is 2. The molecule has 0 N–H and O–H groups in total. The molecular formula is C15H15NO. The molecule has 2 heteroatoms. The minimum atomic E-state index is 0.701. The number of benzene rings is 1. The fourth-order valence-electron chi connectivity index (χ4n) is 2.44. The SMILES string of the molecule is CCOc1cc(C)nc2c1Cc1ccccc1-2. The topological polar surface area (TPSA) is 22.1 Å². The van der Waals surface area contributed by atoms with E-state index in [0.29, 0.717) is 6.61 Å². The van der Waals surface area contributed by atoms with E-state index in [1.54, 1.807) is 0 Å². The number of ether oxygens (including phenoxy) is 1. The van der Waals surface area contributed by atoms with Crippen LogP contribution in [0.25, 0.3) is 11.3 Å². The quantitative estimate of drug-likeness (QED) is 0.667. The molecule has 17 heavy (non-hydrogen) atoms. The lowest BCUT2D eigenvalue weighted by molar-refractivity contribution is 0.337. The molecule has 0 radical (unpaired) electrons. The van der Waals surface area contributed by atoms with E-state index in [1.807, 2.05) is 19.9 Å². The van der Waals surface area contributed by atoms with E-state index in [9.17, 15) is 0 Å². The molecule has 1 heterocycles. The number of nitrogens with zero attached hydrogens (tertiary/aromatic N) is 1. The average molecular weight is 225 g/mol. The second-order valence-electron chi connectivity index (χ2n) is 4.36. The van der Waals surface area contributed by atoms with Crippen LogP contribution in [0.1, 0.15) is 23.7 Å². The third-order valence-corrected chi connectivity index (χ3v) is 3.15. The van der Waals surface area contributed by atoms with Gasteiger partial charge in [0.05, 0.1) is 12.3 Å². The Kier molecular flexibility index (Phi) is 2.36. The fraction of sp³-hybridized carbons (Fsp3) is 0.267. The highest BCUT2D eigenvalue weighted by molar-refractivity contribution is 5.76. The molecule has 0 aliphatic heterocycles. The largest absolute Gasteiger partial charge is 0.493 e. The summed E-state index contributed by atoms with van der Waals surface area (Å²) in [5, 5.41) is 0. The van der Waals surface area contributed by atoms with Crippen molar-refractivity contribution in [2.24, 2.45) is 0 Å². The van der Waals surface area contributed by atoms with Crippen LogP contribution in [0.2, 0.25) is 0 Å². The molecule has 1 aromatic carbocycles. The molecule has 1 aromatic heterocycles. The summed E-state index contributed by atoms with van der Waals surface area (Å²) in [6, 6.07) is 10.5. The summed E-state index contributed by atoms with van der Waals surface area (Å²) < 4.78 is 5.72. The molecule has 3 rings (SSSR count). The molecule has 0 amide bonds. The fourth-order valence-corrected chi connectivity index (χ4v) is 2.44. The Morgan fingerprint density at radius 2 is 2.12 bits per heavy atom. The second kappa shape index (κ2) is 3.88. The third-order valence-electron chi connectivity index (χ3n) is 3.15. The van der Waals surface area contributed by atoms with E-state index in [0.717, 1.165) is 23.6 Å². The van der Waals surface area contributed by atoms with Gasteiger partial charge in [-0.3, -0.25) is 4.98 Å². The van der Waals surface area contributed by atoms with Gasteiger partial charge in [0.15, 0.2) is 0 Å². The first-order chi connectivity index (χ1) is 8.29. The zero-order valence-corrected chi connectivity index (χ0v) is 10.2. The van der Waals surface area contributed by atoms with Crippen molar-refractivity contribution in [3.8, 4) is 17.0 Å². The van der Waals surface area contributed by atoms with Gasteiger partial charge >= 0.3 is 0 Å². The summed E-state index contributed by atoms with van der Waals surface area (Å²) in [5.74, 6) is 0.992. The van der Waals surface area contributed by atoms with E-state index in [-0.39, 0.29) is 0 Å². The van der Waals surface area contributed by atoms with Crippen molar-refractivity contribution >= 4 is 0 Å². The van der Waals surface area contributed by atoms with Crippen LogP contribution in [0.15, 0.2) is 30.3 Å². The Balaban J connectivity index is 2.20. The smallest absolute Gasteiger partial charge is 0.126 e. The molecule has 1 aliphatic carbocycles. The third kappa shape index (κ3) is 1.60. The number of aromatic nitrogens is 1. The summed E-state index contributed by atoms with van der Waals surface area (Å²) in [4.78, 5) is 4.66. The number of pyridine rings is 1. The molecule has 0 fully saturated rings. The monoisotopic (exact) mass is 225 g/mol. The molecule has 0 saturated carbocycles. The van der Waals surface area contributed by atoms with Crippen LogP contribution in [0.3, 0.4) is 0 Å². The zero-order valence-electron chi connectivity index (χ0n) is 10.2. The lowest BCUT2D eigenvalue weighted by Gasteiger charge is -2.09. The number of rotatable bonds is 2. The van der Waals surface area contributed by atoms with Crippen LogP contribution < -0.4 is 4.74 Å². The average Bonchev–Trinajstić information content (AvgIpc) is 2.69. The summed E-state index contributed by atoms with van der Waals surface area (Å²) in [6.07, 6.45) is 0.939. The van der Waals surface area contributed by atoms with Crippen molar-refractivity contribution in [3.63, 3.8) is 0 Å². The molecule has 0 bridgehead atoms. The van der Waals surface area contributed by atoms with Gasteiger partial charge in [0.1, 0.15) is 5.75 Å². The Hall–Kier alpha value is -1.83. The van der Waals surface area contributed by atoms with Crippen LogP contribution in [-0.2, 0) is 6.42 Å². The normalized spacial score (nSPS) is 12.1. The van der Waals surface area contributed by atoms with Crippen LogP contribution in [-0.4, -0.2) is 11.6 Å². The summed E-state index contributed by atoms with van der Waals surface area (Å²) >= 11 is 0. The van der Waals surface area contributed by atoms with E-state index >= 15 is 0 Å². The van der Waals surface area contributed by atoms with E-state index in [4.69, 9.17) is 4.74 Å². The summed E-state index contributed by atoms with van der Waals surface area (Å²) in [5.41, 5.74) is 5.96. The van der Waals surface area contributed by atoms with Crippen LogP contribution >= 0.6 is 0 Å². The molecule has 2 nitrogen and oxygen atoms in total. The first kappa shape index (κ1) is 10.3. The molecule has 1 aliphatic rings. The van der Waals surface area contributed by atoms with Gasteiger partial charge in [-0.2, -0.15) is 0 Å². The van der Waals surface area contributed by atoms with Crippen molar-refractivity contribution in [3.05, 3.63) is 47.2 Å². The Morgan fingerprint density at radius 1 is 1.29 bits per heavy atom. The Bertz CT molecular complexity index is 575. The maximum atomic E-state index is 5.72. The van der Waals surface area contributed by atoms with E-state index < -0.39 is 0 Å². The first-order valence-corrected chi connectivity index (χ1v) is 6.01. The van der Waals surface area contributed by atoms with Gasteiger partial charge in [-0.15, -0.1) is 0 Å². The van der Waals surface area contributed by atoms with Gasteiger partial charge in [0.2, 0.25) is 0 Å². The maximum absolute atomic E-state index is 5.72. The molecule has 86 valence electrons. The molecule has 0 unspecified atom stereocenters. The van der Waals surface area contributed by atoms with E-state index in [1.165, 1.54) is 16.7 Å². The molecule has 2 aromatic rings. The highest BCUT2D eigenvalue weighted by Crippen LogP contribution is 2.40. The first-order valence-electron chi connectivity index (χ1n) is 6.01. The zero-order chi connectivity index (χ0) is 11.8. The highest BCUT2D eigenvalue weighted by Gasteiger charge is 2.23. The highest BCUT2D eigenvalue weighted by atomic mass is 16.5. The maximum Gasteiger partial charge on any atom is 0.126 e. The van der Waals surface area contributed by atoms with Gasteiger partial charge in [0, 0.05) is 29.3 Å². The van der Waals surface area contributed by atoms with E-state index in [2.05, 4.69) is 29.2 Å². The van der Waals surface area contributed by atoms with Crippen molar-refractivity contribution in [2.45, 2.75) is 20.3 Å². The van der Waals surface area contributed by atoms with Gasteiger partial charge < -0.3 is 4.74 Å². The minimum Gasteiger partial charge on any atom is -0.493 e. The van der Waals surface area contributed by atoms with Gasteiger partial charge in [0.25, 0.3) is 0 Å². The van der Waals surface area contributed by atoms with Crippen molar-refractivity contribution < 1.29 is 4.74 Å². The van der Waals surface area contributed by atoms with Crippen molar-refractivity contribution in [1.82, 2.24) is 4.98 Å². The van der Waals surface area contributed by atoms with Gasteiger partial charge in [-0.25, -0.2) is 0 Å². The number of fused-ring (bicyclic) bond motifs is 3. The molecule has 0 saturated heterocycles. The number of aryl methyl sites for hydroxylation is 1. The van der Waals surface area contributed by atoms with Crippen LogP contribution in [0, 0.1) is 6.92 Å². The van der Waals surface area contributed by atoms with Crippen molar-refractivity contribution in [2.75, 3.05) is 6.61 Å². The van der Waals surface area contributed by atoms with Crippen LogP contribution in [0.4, 0.5) is 0 Å². The Labute approximate surface area is 101 Å². The lowest BCUT2D eigenvalue weighted by atomic mass is 10.1. The predicted octanol–water partition coefficient (Wildman–Crippen LogP) is 3.36. The lowest BCUT2D eigenvalue weighted by Crippen LogP contribution is -1.98. The summed E-state index contributed by atoms with van der Waals surface area (Å²) in [7, 11) is 0. The minimum absolute atomic E-state index is 0.701. The standard InChI is InChI=1S/C15H15NO/c1-3-17-14-8-10(2)16-15-12-7-5-4-6-11(12)9-13(14)15/h4-8H,3,9H2,1-2H3. The van der Waals surface area contributed by atoms with Gasteiger partial charge in [-0.1, -0.05) is 24.3 Å².